The Balaban J connectivity index is 1.51. The monoisotopic (exact) mass is 399 g/mol. The molecular formula is C24H21N3OS. The lowest BCUT2D eigenvalue weighted by atomic mass is 10.0. The van der Waals surface area contributed by atoms with Crippen molar-refractivity contribution in [2.45, 2.75) is 20.8 Å². The Morgan fingerprint density at radius 3 is 2.10 bits per heavy atom. The Hall–Kier alpha value is -3.31. The first-order valence-corrected chi connectivity index (χ1v) is 10.2. The summed E-state index contributed by atoms with van der Waals surface area (Å²) in [6, 6.07) is 21.9. The Morgan fingerprint density at radius 1 is 0.828 bits per heavy atom. The molecule has 0 fully saturated rings. The lowest BCUT2D eigenvalue weighted by Crippen LogP contribution is -2.11. The third-order valence-electron chi connectivity index (χ3n) is 4.79. The number of benzene rings is 3. The van der Waals surface area contributed by atoms with E-state index in [0.717, 1.165) is 32.8 Å². The second-order valence-corrected chi connectivity index (χ2v) is 8.06. The zero-order valence-corrected chi connectivity index (χ0v) is 17.4. The molecule has 1 aromatic heterocycles. The number of hydrogen-bond donors (Lipinski definition) is 1. The largest absolute Gasteiger partial charge is 0.296 e. The average molecular weight is 400 g/mol. The standard InChI is InChI=1S/C24H21N3OS/c1-15-13-16(2)21(17(3)14-15)23-26-27-24(29-23)25-22(28)20-11-9-19(10-12-20)18-7-5-4-6-8-18/h4-14H,1-3H3,(H,25,27,28). The Labute approximate surface area is 174 Å². The summed E-state index contributed by atoms with van der Waals surface area (Å²) in [5, 5.41) is 12.6. The topological polar surface area (TPSA) is 54.9 Å². The van der Waals surface area contributed by atoms with Crippen molar-refractivity contribution in [2.75, 3.05) is 5.32 Å². The molecule has 1 heterocycles. The molecular weight excluding hydrogens is 378 g/mol. The molecule has 0 spiro atoms. The Bertz CT molecular complexity index is 1140. The van der Waals surface area contributed by atoms with E-state index in [9.17, 15) is 4.79 Å². The molecule has 4 nitrogen and oxygen atoms in total. The van der Waals surface area contributed by atoms with Crippen LogP contribution in [0.3, 0.4) is 0 Å². The summed E-state index contributed by atoms with van der Waals surface area (Å²) in [6.45, 7) is 6.23. The van der Waals surface area contributed by atoms with Crippen molar-refractivity contribution < 1.29 is 4.79 Å². The molecule has 29 heavy (non-hydrogen) atoms. The number of carbonyl (C=O) groups is 1. The van der Waals surface area contributed by atoms with Crippen molar-refractivity contribution in [3.05, 3.63) is 89.0 Å². The summed E-state index contributed by atoms with van der Waals surface area (Å²) >= 11 is 1.39. The van der Waals surface area contributed by atoms with Gasteiger partial charge >= 0.3 is 0 Å². The molecule has 144 valence electrons. The normalized spacial score (nSPS) is 10.7. The maximum atomic E-state index is 12.6. The maximum Gasteiger partial charge on any atom is 0.257 e. The summed E-state index contributed by atoms with van der Waals surface area (Å²) in [4.78, 5) is 12.6. The zero-order chi connectivity index (χ0) is 20.4. The molecule has 1 N–H and O–H groups in total. The van der Waals surface area contributed by atoms with Crippen LogP contribution in [0, 0.1) is 20.8 Å². The minimum Gasteiger partial charge on any atom is -0.296 e. The number of nitrogens with one attached hydrogen (secondary N) is 1. The summed E-state index contributed by atoms with van der Waals surface area (Å²) in [6.07, 6.45) is 0. The maximum absolute atomic E-state index is 12.6. The van der Waals surface area contributed by atoms with Gasteiger partial charge in [-0.2, -0.15) is 0 Å². The molecule has 0 saturated carbocycles. The van der Waals surface area contributed by atoms with Crippen LogP contribution in [0.5, 0.6) is 0 Å². The number of carbonyl (C=O) groups excluding carboxylic acids is 1. The number of aryl methyl sites for hydroxylation is 3. The Kier molecular flexibility index (Phi) is 5.23. The zero-order valence-electron chi connectivity index (χ0n) is 16.6. The van der Waals surface area contributed by atoms with E-state index in [1.807, 2.05) is 54.6 Å². The third kappa shape index (κ3) is 4.10. The van der Waals surface area contributed by atoms with E-state index in [1.165, 1.54) is 16.9 Å². The summed E-state index contributed by atoms with van der Waals surface area (Å²) < 4.78 is 0. The van der Waals surface area contributed by atoms with Gasteiger partial charge in [0.05, 0.1) is 0 Å². The van der Waals surface area contributed by atoms with Crippen molar-refractivity contribution in [3.63, 3.8) is 0 Å². The van der Waals surface area contributed by atoms with Gasteiger partial charge in [-0.1, -0.05) is 71.5 Å². The fourth-order valence-corrected chi connectivity index (χ4v) is 4.42. The molecule has 4 rings (SSSR count). The highest BCUT2D eigenvalue weighted by Gasteiger charge is 2.14. The highest BCUT2D eigenvalue weighted by atomic mass is 32.1. The first-order valence-electron chi connectivity index (χ1n) is 9.40. The number of amides is 1. The smallest absolute Gasteiger partial charge is 0.257 e. The molecule has 0 radical (unpaired) electrons. The molecule has 3 aromatic carbocycles. The molecule has 0 aliphatic carbocycles. The van der Waals surface area contributed by atoms with Crippen molar-refractivity contribution >= 4 is 22.4 Å². The first-order chi connectivity index (χ1) is 14.0. The van der Waals surface area contributed by atoms with Crippen LogP contribution in [0.4, 0.5) is 5.13 Å². The van der Waals surface area contributed by atoms with Crippen LogP contribution in [0.2, 0.25) is 0 Å². The predicted octanol–water partition coefficient (Wildman–Crippen LogP) is 6.05. The van der Waals surface area contributed by atoms with E-state index in [0.29, 0.717) is 10.7 Å². The van der Waals surface area contributed by atoms with E-state index < -0.39 is 0 Å². The number of anilines is 1. The molecule has 0 unspecified atom stereocenters. The molecule has 0 saturated heterocycles. The van der Waals surface area contributed by atoms with Crippen molar-refractivity contribution in [1.29, 1.82) is 0 Å². The minimum atomic E-state index is -0.190. The molecule has 0 bridgehead atoms. The molecule has 4 aromatic rings. The van der Waals surface area contributed by atoms with Crippen LogP contribution in [0.1, 0.15) is 27.0 Å². The number of aromatic nitrogens is 2. The fraction of sp³-hybridized carbons (Fsp3) is 0.125. The van der Waals surface area contributed by atoms with Gasteiger partial charge in [0.1, 0.15) is 5.01 Å². The highest BCUT2D eigenvalue weighted by molar-refractivity contribution is 7.18. The van der Waals surface area contributed by atoms with Gasteiger partial charge in [-0.15, -0.1) is 10.2 Å². The van der Waals surface area contributed by atoms with Crippen LogP contribution in [0.25, 0.3) is 21.7 Å². The van der Waals surface area contributed by atoms with Crippen molar-refractivity contribution in [1.82, 2.24) is 10.2 Å². The summed E-state index contributed by atoms with van der Waals surface area (Å²) in [5.74, 6) is -0.190. The average Bonchev–Trinajstić information content (AvgIpc) is 3.16. The van der Waals surface area contributed by atoms with Crippen molar-refractivity contribution in [3.8, 4) is 21.7 Å². The third-order valence-corrected chi connectivity index (χ3v) is 5.65. The van der Waals surface area contributed by atoms with E-state index in [2.05, 4.69) is 48.4 Å². The molecule has 5 heteroatoms. The lowest BCUT2D eigenvalue weighted by Gasteiger charge is -2.07. The highest BCUT2D eigenvalue weighted by Crippen LogP contribution is 2.32. The van der Waals surface area contributed by atoms with E-state index in [-0.39, 0.29) is 5.91 Å². The first kappa shape index (κ1) is 19.0. The quantitative estimate of drug-likeness (QED) is 0.454. The van der Waals surface area contributed by atoms with Gasteiger partial charge in [0.2, 0.25) is 5.13 Å². The molecule has 1 amide bonds. The lowest BCUT2D eigenvalue weighted by molar-refractivity contribution is 0.102. The van der Waals surface area contributed by atoms with Crippen LogP contribution in [-0.2, 0) is 0 Å². The van der Waals surface area contributed by atoms with Crippen LogP contribution in [0.15, 0.2) is 66.7 Å². The van der Waals surface area contributed by atoms with Crippen LogP contribution in [-0.4, -0.2) is 16.1 Å². The number of rotatable bonds is 4. The summed E-state index contributed by atoms with van der Waals surface area (Å²) in [5.41, 5.74) is 7.41. The van der Waals surface area contributed by atoms with Gasteiger partial charge in [-0.05, 0) is 55.2 Å². The van der Waals surface area contributed by atoms with Gasteiger partial charge in [0.15, 0.2) is 0 Å². The second kappa shape index (κ2) is 7.97. The Morgan fingerprint density at radius 2 is 1.45 bits per heavy atom. The molecule has 0 aliphatic rings. The van der Waals surface area contributed by atoms with Gasteiger partial charge in [0.25, 0.3) is 5.91 Å². The second-order valence-electron chi connectivity index (χ2n) is 7.08. The van der Waals surface area contributed by atoms with E-state index in [4.69, 9.17) is 0 Å². The SMILES string of the molecule is Cc1cc(C)c(-c2nnc(NC(=O)c3ccc(-c4ccccc4)cc3)s2)c(C)c1. The minimum absolute atomic E-state index is 0.190. The van der Waals surface area contributed by atoms with Crippen LogP contribution < -0.4 is 5.32 Å². The van der Waals surface area contributed by atoms with Crippen LogP contribution >= 0.6 is 11.3 Å². The summed E-state index contributed by atoms with van der Waals surface area (Å²) in [7, 11) is 0. The predicted molar refractivity (Wildman–Crippen MR) is 119 cm³/mol. The van der Waals surface area contributed by atoms with Gasteiger partial charge < -0.3 is 0 Å². The number of hydrogen-bond acceptors (Lipinski definition) is 4. The molecule has 0 atom stereocenters. The van der Waals surface area contributed by atoms with E-state index in [1.54, 1.807) is 0 Å². The van der Waals surface area contributed by atoms with Gasteiger partial charge in [-0.25, -0.2) is 0 Å². The molecule has 0 aliphatic heterocycles. The fourth-order valence-electron chi connectivity index (χ4n) is 3.51. The number of nitrogens with zero attached hydrogens (tertiary/aromatic N) is 2. The van der Waals surface area contributed by atoms with Gasteiger partial charge in [-0.3, -0.25) is 10.1 Å². The van der Waals surface area contributed by atoms with Gasteiger partial charge in [0, 0.05) is 11.1 Å². The van der Waals surface area contributed by atoms with Crippen molar-refractivity contribution in [2.24, 2.45) is 0 Å². The van der Waals surface area contributed by atoms with E-state index >= 15 is 0 Å².